The molecule has 29 heavy (non-hydrogen) atoms. The molecule has 0 heterocycles. The Morgan fingerprint density at radius 3 is 2.38 bits per heavy atom. The fourth-order valence-electron chi connectivity index (χ4n) is 2.21. The number of halogens is 1. The van der Waals surface area contributed by atoms with Crippen molar-refractivity contribution in [2.24, 2.45) is 0 Å². The molecule has 0 radical (unpaired) electrons. The summed E-state index contributed by atoms with van der Waals surface area (Å²) in [4.78, 5) is 22.8. The number of thiocarbonyl (C=S) groups is 1. The van der Waals surface area contributed by atoms with Gasteiger partial charge in [0.15, 0.2) is 11.7 Å². The van der Waals surface area contributed by atoms with Crippen molar-refractivity contribution in [2.45, 2.75) is 18.7 Å². The second kappa shape index (κ2) is 9.68. The molecule has 0 spiro atoms. The van der Waals surface area contributed by atoms with Crippen LogP contribution in [0.25, 0.3) is 0 Å². The average molecular weight is 456 g/mol. The van der Waals surface area contributed by atoms with Gasteiger partial charge < -0.3 is 10.1 Å². The van der Waals surface area contributed by atoms with Crippen LogP contribution in [0.2, 0.25) is 5.02 Å². The van der Waals surface area contributed by atoms with E-state index < -0.39 is 21.8 Å². The van der Waals surface area contributed by atoms with Crippen LogP contribution in [0.15, 0.2) is 47.4 Å². The van der Waals surface area contributed by atoms with Crippen LogP contribution in [-0.2, 0) is 19.6 Å². The van der Waals surface area contributed by atoms with E-state index in [1.54, 1.807) is 25.1 Å². The zero-order valence-corrected chi connectivity index (χ0v) is 17.9. The van der Waals surface area contributed by atoms with Crippen molar-refractivity contribution in [1.29, 1.82) is 0 Å². The number of carbonyl (C=O) groups excluding carboxylic acids is 2. The maximum atomic E-state index is 12.0. The lowest BCUT2D eigenvalue weighted by molar-refractivity contribution is -0.121. The molecule has 0 saturated heterocycles. The van der Waals surface area contributed by atoms with Crippen molar-refractivity contribution >= 4 is 56.5 Å². The predicted octanol–water partition coefficient (Wildman–Crippen LogP) is 2.37. The SMILES string of the molecule is CC(=O)NS(=O)(=O)c1ccc(NC(=S)NC(=O)COc2ccc(Cl)cc2C)cc1. The Hall–Kier alpha value is -2.69. The number of sulfonamides is 1. The minimum absolute atomic E-state index is 0.0175. The maximum Gasteiger partial charge on any atom is 0.264 e. The summed E-state index contributed by atoms with van der Waals surface area (Å²) in [6, 6.07) is 10.5. The van der Waals surface area contributed by atoms with Gasteiger partial charge in [0.1, 0.15) is 5.75 Å². The van der Waals surface area contributed by atoms with E-state index in [1.165, 1.54) is 24.3 Å². The fourth-order valence-corrected chi connectivity index (χ4v) is 3.66. The van der Waals surface area contributed by atoms with Crippen LogP contribution < -0.4 is 20.1 Å². The number of hydrogen-bond donors (Lipinski definition) is 3. The molecule has 0 fully saturated rings. The van der Waals surface area contributed by atoms with Gasteiger partial charge in [-0.05, 0) is 67.2 Å². The highest BCUT2D eigenvalue weighted by atomic mass is 35.5. The summed E-state index contributed by atoms with van der Waals surface area (Å²) in [6.45, 7) is 2.66. The number of rotatable bonds is 6. The van der Waals surface area contributed by atoms with E-state index in [4.69, 9.17) is 28.6 Å². The molecule has 2 amide bonds. The third-order valence-electron chi connectivity index (χ3n) is 3.45. The lowest BCUT2D eigenvalue weighted by Gasteiger charge is -2.12. The van der Waals surface area contributed by atoms with E-state index >= 15 is 0 Å². The summed E-state index contributed by atoms with van der Waals surface area (Å²) in [5, 5.41) is 5.80. The predicted molar refractivity (Wildman–Crippen MR) is 113 cm³/mol. The van der Waals surface area contributed by atoms with Crippen LogP contribution in [-0.4, -0.2) is 32.0 Å². The van der Waals surface area contributed by atoms with Crippen LogP contribution in [0.4, 0.5) is 5.69 Å². The summed E-state index contributed by atoms with van der Waals surface area (Å²) in [7, 11) is -3.92. The second-order valence-corrected chi connectivity index (χ2v) is 8.41. The van der Waals surface area contributed by atoms with E-state index in [0.29, 0.717) is 16.5 Å². The first-order valence-electron chi connectivity index (χ1n) is 8.20. The molecule has 0 saturated carbocycles. The van der Waals surface area contributed by atoms with E-state index in [-0.39, 0.29) is 16.6 Å². The molecule has 0 aliphatic rings. The summed E-state index contributed by atoms with van der Waals surface area (Å²) >= 11 is 10.9. The van der Waals surface area contributed by atoms with Crippen molar-refractivity contribution in [2.75, 3.05) is 11.9 Å². The van der Waals surface area contributed by atoms with Crippen molar-refractivity contribution in [3.63, 3.8) is 0 Å². The standard InChI is InChI=1S/C18H18ClN3O5S2/c1-11-9-13(19)3-8-16(11)27-10-17(24)21-18(28)20-14-4-6-15(7-5-14)29(25,26)22-12(2)23/h3-9H,10H2,1-2H3,(H,22,23)(H2,20,21,24,28). The molecule has 0 aliphatic carbocycles. The second-order valence-electron chi connectivity index (χ2n) is 5.89. The largest absolute Gasteiger partial charge is 0.483 e. The van der Waals surface area contributed by atoms with Crippen molar-refractivity contribution < 1.29 is 22.7 Å². The normalized spacial score (nSPS) is 10.7. The maximum absolute atomic E-state index is 12.0. The fraction of sp³-hybridized carbons (Fsp3) is 0.167. The van der Waals surface area contributed by atoms with E-state index in [2.05, 4.69) is 10.6 Å². The number of benzene rings is 2. The van der Waals surface area contributed by atoms with Crippen LogP contribution in [0, 0.1) is 6.92 Å². The van der Waals surface area contributed by atoms with Crippen molar-refractivity contribution in [1.82, 2.24) is 10.0 Å². The van der Waals surface area contributed by atoms with Gasteiger partial charge in [-0.25, -0.2) is 13.1 Å². The van der Waals surface area contributed by atoms with E-state index in [1.807, 2.05) is 4.72 Å². The molecule has 0 aromatic heterocycles. The van der Waals surface area contributed by atoms with Gasteiger partial charge in [-0.1, -0.05) is 11.6 Å². The van der Waals surface area contributed by atoms with Gasteiger partial charge in [0, 0.05) is 17.6 Å². The van der Waals surface area contributed by atoms with Gasteiger partial charge >= 0.3 is 0 Å². The van der Waals surface area contributed by atoms with Gasteiger partial charge in [0.25, 0.3) is 15.9 Å². The quantitative estimate of drug-likeness (QED) is 0.573. The first-order chi connectivity index (χ1) is 13.6. The number of carbonyl (C=O) groups is 2. The smallest absolute Gasteiger partial charge is 0.264 e. The highest BCUT2D eigenvalue weighted by Crippen LogP contribution is 2.21. The minimum atomic E-state index is -3.92. The number of anilines is 1. The first kappa shape index (κ1) is 22.6. The monoisotopic (exact) mass is 455 g/mol. The summed E-state index contributed by atoms with van der Waals surface area (Å²) < 4.78 is 31.1. The number of nitrogens with one attached hydrogen (secondary N) is 3. The molecule has 2 rings (SSSR count). The molecule has 2 aromatic carbocycles. The Balaban J connectivity index is 1.88. The number of hydrogen-bond acceptors (Lipinski definition) is 6. The molecule has 11 heteroatoms. The Kier molecular flexibility index (Phi) is 7.54. The zero-order chi connectivity index (χ0) is 21.6. The summed E-state index contributed by atoms with van der Waals surface area (Å²) in [5.74, 6) is -0.631. The van der Waals surface area contributed by atoms with E-state index in [0.717, 1.165) is 12.5 Å². The molecule has 154 valence electrons. The Labute approximate surface area is 178 Å². The molecule has 8 nitrogen and oxygen atoms in total. The third kappa shape index (κ3) is 7.00. The lowest BCUT2D eigenvalue weighted by Crippen LogP contribution is -2.37. The Bertz CT molecular complexity index is 1040. The zero-order valence-electron chi connectivity index (χ0n) is 15.5. The van der Waals surface area contributed by atoms with Gasteiger partial charge in [-0.2, -0.15) is 0 Å². The highest BCUT2D eigenvalue weighted by Gasteiger charge is 2.15. The molecule has 0 atom stereocenters. The molecule has 3 N–H and O–H groups in total. The Morgan fingerprint density at radius 2 is 1.79 bits per heavy atom. The third-order valence-corrected chi connectivity index (χ3v) is 5.34. The van der Waals surface area contributed by atoms with Crippen molar-refractivity contribution in [3.05, 3.63) is 53.1 Å². The molecule has 0 unspecified atom stereocenters. The number of aryl methyl sites for hydroxylation is 1. The minimum Gasteiger partial charge on any atom is -0.483 e. The molecule has 0 aliphatic heterocycles. The van der Waals surface area contributed by atoms with Crippen LogP contribution in [0.5, 0.6) is 5.75 Å². The van der Waals surface area contributed by atoms with Gasteiger partial charge in [0.05, 0.1) is 4.90 Å². The van der Waals surface area contributed by atoms with Crippen LogP contribution >= 0.6 is 23.8 Å². The van der Waals surface area contributed by atoms with E-state index in [9.17, 15) is 18.0 Å². The molecule has 2 aromatic rings. The topological polar surface area (TPSA) is 114 Å². The average Bonchev–Trinajstić information content (AvgIpc) is 2.60. The number of amides is 2. The lowest BCUT2D eigenvalue weighted by atomic mass is 10.2. The summed E-state index contributed by atoms with van der Waals surface area (Å²) in [5.41, 5.74) is 1.24. The first-order valence-corrected chi connectivity index (χ1v) is 10.5. The van der Waals surface area contributed by atoms with Gasteiger partial charge in [-0.3, -0.25) is 14.9 Å². The number of ether oxygens (including phenoxy) is 1. The molecular formula is C18H18ClN3O5S2. The van der Waals surface area contributed by atoms with Gasteiger partial charge in [0.2, 0.25) is 5.91 Å². The van der Waals surface area contributed by atoms with Gasteiger partial charge in [-0.15, -0.1) is 0 Å². The van der Waals surface area contributed by atoms with Crippen LogP contribution in [0.1, 0.15) is 12.5 Å². The summed E-state index contributed by atoms with van der Waals surface area (Å²) in [6.07, 6.45) is 0. The molecule has 0 bridgehead atoms. The highest BCUT2D eigenvalue weighted by molar-refractivity contribution is 7.90. The van der Waals surface area contributed by atoms with Crippen LogP contribution in [0.3, 0.4) is 0 Å². The molecular weight excluding hydrogens is 438 g/mol. The Morgan fingerprint density at radius 1 is 1.14 bits per heavy atom. The van der Waals surface area contributed by atoms with Crippen molar-refractivity contribution in [3.8, 4) is 5.75 Å².